The fourth-order valence-electron chi connectivity index (χ4n) is 3.04. The van der Waals surface area contributed by atoms with Crippen molar-refractivity contribution in [3.05, 3.63) is 42.7 Å². The number of methoxy groups -OCH3 is 1. The Morgan fingerprint density at radius 3 is 2.92 bits per heavy atom. The Bertz CT molecular complexity index is 793. The van der Waals surface area contributed by atoms with Crippen molar-refractivity contribution in [2.24, 2.45) is 5.92 Å². The van der Waals surface area contributed by atoms with E-state index in [-0.39, 0.29) is 16.6 Å². The lowest BCUT2D eigenvalue weighted by Gasteiger charge is -2.32. The normalized spacial score (nSPS) is 19.3. The maximum absolute atomic E-state index is 13.9. The monoisotopic (exact) mass is 353 g/mol. The molecule has 0 spiro atoms. The molecule has 6 nitrogen and oxygen atoms in total. The van der Waals surface area contributed by atoms with Crippen molar-refractivity contribution in [3.8, 4) is 5.75 Å². The van der Waals surface area contributed by atoms with Crippen LogP contribution in [0.25, 0.3) is 0 Å². The Morgan fingerprint density at radius 1 is 1.42 bits per heavy atom. The van der Waals surface area contributed by atoms with E-state index in [4.69, 9.17) is 4.74 Å². The molecule has 1 aliphatic heterocycles. The number of sulfonamides is 1. The van der Waals surface area contributed by atoms with Crippen LogP contribution in [0.5, 0.6) is 5.75 Å². The van der Waals surface area contributed by atoms with Crippen LogP contribution in [0.4, 0.5) is 4.39 Å². The first-order valence-electron chi connectivity index (χ1n) is 7.80. The van der Waals surface area contributed by atoms with Gasteiger partial charge in [-0.3, -0.25) is 0 Å². The average molecular weight is 353 g/mol. The van der Waals surface area contributed by atoms with E-state index in [9.17, 15) is 12.8 Å². The molecule has 0 bridgehead atoms. The molecule has 0 radical (unpaired) electrons. The van der Waals surface area contributed by atoms with Crippen LogP contribution in [0.2, 0.25) is 0 Å². The molecule has 1 fully saturated rings. The summed E-state index contributed by atoms with van der Waals surface area (Å²) in [6.45, 7) is 1.60. The summed E-state index contributed by atoms with van der Waals surface area (Å²) in [6.07, 6.45) is 7.05. The first-order chi connectivity index (χ1) is 11.5. The van der Waals surface area contributed by atoms with Crippen LogP contribution in [0.1, 0.15) is 12.8 Å². The summed E-state index contributed by atoms with van der Waals surface area (Å²) < 4.78 is 47.7. The molecule has 0 N–H and O–H groups in total. The van der Waals surface area contributed by atoms with Gasteiger partial charge >= 0.3 is 0 Å². The summed E-state index contributed by atoms with van der Waals surface area (Å²) >= 11 is 0. The summed E-state index contributed by atoms with van der Waals surface area (Å²) in [7, 11) is -2.36. The third-order valence-corrected chi connectivity index (χ3v) is 6.13. The van der Waals surface area contributed by atoms with Gasteiger partial charge in [0.25, 0.3) is 0 Å². The van der Waals surface area contributed by atoms with E-state index in [1.807, 2.05) is 10.8 Å². The van der Waals surface area contributed by atoms with Gasteiger partial charge in [0.05, 0.1) is 18.3 Å². The van der Waals surface area contributed by atoms with E-state index in [2.05, 4.69) is 4.98 Å². The van der Waals surface area contributed by atoms with Crippen LogP contribution in [0.15, 0.2) is 41.8 Å². The lowest BCUT2D eigenvalue weighted by molar-refractivity contribution is 0.245. The molecule has 1 aliphatic rings. The molecule has 2 heterocycles. The summed E-state index contributed by atoms with van der Waals surface area (Å²) in [6, 6.07) is 3.75. The molecular formula is C16H20FN3O3S. The van der Waals surface area contributed by atoms with Gasteiger partial charge in [-0.2, -0.15) is 4.31 Å². The van der Waals surface area contributed by atoms with Gasteiger partial charge in [-0.1, -0.05) is 0 Å². The number of hydrogen-bond acceptors (Lipinski definition) is 4. The van der Waals surface area contributed by atoms with E-state index in [1.54, 1.807) is 12.5 Å². The average Bonchev–Trinajstić information content (AvgIpc) is 3.08. The van der Waals surface area contributed by atoms with Crippen LogP contribution in [0, 0.1) is 11.7 Å². The number of piperidine rings is 1. The number of imidazole rings is 1. The van der Waals surface area contributed by atoms with Gasteiger partial charge in [0, 0.05) is 32.0 Å². The minimum atomic E-state index is -3.71. The molecule has 2 aromatic rings. The quantitative estimate of drug-likeness (QED) is 0.826. The second kappa shape index (κ2) is 6.90. The van der Waals surface area contributed by atoms with E-state index in [0.29, 0.717) is 13.1 Å². The van der Waals surface area contributed by atoms with E-state index in [0.717, 1.165) is 25.5 Å². The Labute approximate surface area is 140 Å². The Kier molecular flexibility index (Phi) is 4.86. The number of ether oxygens (including phenoxy) is 1. The van der Waals surface area contributed by atoms with E-state index >= 15 is 0 Å². The van der Waals surface area contributed by atoms with Crippen molar-refractivity contribution >= 4 is 10.0 Å². The molecule has 3 rings (SSSR count). The number of hydrogen-bond donors (Lipinski definition) is 0. The van der Waals surface area contributed by atoms with Gasteiger partial charge < -0.3 is 9.30 Å². The smallest absolute Gasteiger partial charge is 0.243 e. The molecule has 0 aliphatic carbocycles. The molecule has 1 aromatic heterocycles. The van der Waals surface area contributed by atoms with Crippen molar-refractivity contribution in [2.45, 2.75) is 24.3 Å². The lowest BCUT2D eigenvalue weighted by atomic mass is 10.00. The van der Waals surface area contributed by atoms with Crippen molar-refractivity contribution in [1.29, 1.82) is 0 Å². The van der Waals surface area contributed by atoms with Gasteiger partial charge in [0.2, 0.25) is 10.0 Å². The highest BCUT2D eigenvalue weighted by molar-refractivity contribution is 7.89. The molecule has 1 aromatic carbocycles. The molecule has 1 atom stereocenters. The zero-order valence-corrected chi connectivity index (χ0v) is 14.2. The summed E-state index contributed by atoms with van der Waals surface area (Å²) in [5.41, 5.74) is 0. The molecule has 0 amide bonds. The molecule has 8 heteroatoms. The largest absolute Gasteiger partial charge is 0.494 e. The minimum Gasteiger partial charge on any atom is -0.494 e. The predicted octanol–water partition coefficient (Wildman–Crippen LogP) is 2.13. The van der Waals surface area contributed by atoms with Crippen molar-refractivity contribution < 1.29 is 17.5 Å². The third kappa shape index (κ3) is 3.44. The highest BCUT2D eigenvalue weighted by Gasteiger charge is 2.30. The zero-order chi connectivity index (χ0) is 17.2. The maximum atomic E-state index is 13.9. The molecule has 1 saturated heterocycles. The Hall–Kier alpha value is -1.93. The predicted molar refractivity (Wildman–Crippen MR) is 86.7 cm³/mol. The second-order valence-electron chi connectivity index (χ2n) is 5.93. The Morgan fingerprint density at radius 2 is 2.25 bits per heavy atom. The van der Waals surface area contributed by atoms with Crippen molar-refractivity contribution in [1.82, 2.24) is 13.9 Å². The number of aromatic nitrogens is 2. The van der Waals surface area contributed by atoms with Crippen molar-refractivity contribution in [2.75, 3.05) is 20.2 Å². The van der Waals surface area contributed by atoms with Crippen LogP contribution in [-0.2, 0) is 16.6 Å². The minimum absolute atomic E-state index is 0.0329. The first kappa shape index (κ1) is 16.9. The topological polar surface area (TPSA) is 64.4 Å². The van der Waals surface area contributed by atoms with Crippen LogP contribution >= 0.6 is 0 Å². The summed E-state index contributed by atoms with van der Waals surface area (Å²) in [5, 5.41) is 0. The van der Waals surface area contributed by atoms with Crippen molar-refractivity contribution in [3.63, 3.8) is 0 Å². The lowest BCUT2D eigenvalue weighted by Crippen LogP contribution is -2.41. The van der Waals surface area contributed by atoms with Gasteiger partial charge in [0.1, 0.15) is 0 Å². The van der Waals surface area contributed by atoms with Crippen LogP contribution in [0.3, 0.4) is 0 Å². The second-order valence-corrected chi connectivity index (χ2v) is 7.87. The SMILES string of the molecule is COc1ccc(S(=O)(=O)N2CCCC(Cn3ccnc3)C2)cc1F. The molecule has 0 saturated carbocycles. The van der Waals surface area contributed by atoms with Crippen LogP contribution in [-0.4, -0.2) is 42.5 Å². The van der Waals surface area contributed by atoms with Gasteiger partial charge in [-0.15, -0.1) is 0 Å². The Balaban J connectivity index is 1.77. The number of halogens is 1. The zero-order valence-electron chi connectivity index (χ0n) is 13.4. The van der Waals surface area contributed by atoms with Crippen LogP contribution < -0.4 is 4.74 Å². The molecule has 130 valence electrons. The van der Waals surface area contributed by atoms with Gasteiger partial charge in [0.15, 0.2) is 11.6 Å². The number of benzene rings is 1. The third-order valence-electron chi connectivity index (χ3n) is 4.27. The summed E-state index contributed by atoms with van der Waals surface area (Å²) in [4.78, 5) is 3.97. The first-order valence-corrected chi connectivity index (χ1v) is 9.24. The summed E-state index contributed by atoms with van der Waals surface area (Å²) in [5.74, 6) is -0.429. The van der Waals surface area contributed by atoms with E-state index < -0.39 is 15.8 Å². The highest BCUT2D eigenvalue weighted by Crippen LogP contribution is 2.27. The standard InChI is InChI=1S/C16H20FN3O3S/c1-23-16-5-4-14(9-15(16)17)24(21,22)20-7-2-3-13(11-20)10-19-8-6-18-12-19/h4-6,8-9,12-13H,2-3,7,10-11H2,1H3. The molecule has 24 heavy (non-hydrogen) atoms. The fraction of sp³-hybridized carbons (Fsp3) is 0.438. The molecular weight excluding hydrogens is 333 g/mol. The van der Waals surface area contributed by atoms with E-state index in [1.165, 1.54) is 23.5 Å². The highest BCUT2D eigenvalue weighted by atomic mass is 32.2. The number of nitrogens with zero attached hydrogens (tertiary/aromatic N) is 3. The fourth-order valence-corrected chi connectivity index (χ4v) is 4.61. The van der Waals surface area contributed by atoms with Gasteiger partial charge in [-0.05, 0) is 37.0 Å². The van der Waals surface area contributed by atoms with Gasteiger partial charge in [-0.25, -0.2) is 17.8 Å². The number of rotatable bonds is 5. The molecule has 1 unspecified atom stereocenters. The maximum Gasteiger partial charge on any atom is 0.243 e.